The quantitative estimate of drug-likeness (QED) is 0.480. The van der Waals surface area contributed by atoms with Crippen LogP contribution in [0, 0.1) is 0 Å². The Hall–Kier alpha value is -2.58. The van der Waals surface area contributed by atoms with E-state index in [4.69, 9.17) is 5.21 Å². The number of benzene rings is 1. The molecule has 3 heterocycles. The van der Waals surface area contributed by atoms with Gasteiger partial charge in [0.15, 0.2) is 0 Å². The molecule has 1 aliphatic rings. The van der Waals surface area contributed by atoms with Crippen molar-refractivity contribution in [2.24, 2.45) is 5.90 Å². The summed E-state index contributed by atoms with van der Waals surface area (Å²) in [6.07, 6.45) is 7.76. The van der Waals surface area contributed by atoms with Gasteiger partial charge in [-0.25, -0.2) is 5.90 Å². The molecule has 1 aliphatic heterocycles. The van der Waals surface area contributed by atoms with E-state index in [-0.39, 0.29) is 5.91 Å². The van der Waals surface area contributed by atoms with Gasteiger partial charge in [-0.3, -0.25) is 9.78 Å². The van der Waals surface area contributed by atoms with Crippen LogP contribution in [0.1, 0.15) is 47.5 Å². The zero-order valence-corrected chi connectivity index (χ0v) is 21.4. The summed E-state index contributed by atoms with van der Waals surface area (Å²) < 4.78 is 0. The van der Waals surface area contributed by atoms with Gasteiger partial charge in [-0.05, 0) is 86.3 Å². The number of aromatic nitrogens is 1. The van der Waals surface area contributed by atoms with E-state index in [2.05, 4.69) is 60.9 Å². The van der Waals surface area contributed by atoms with Crippen LogP contribution in [0.2, 0.25) is 0 Å². The Kier molecular flexibility index (Phi) is 9.36. The van der Waals surface area contributed by atoms with E-state index >= 15 is 0 Å². The number of nitrogens with zero attached hydrogens (tertiary/aromatic N) is 3. The molecule has 1 saturated heterocycles. The zero-order chi connectivity index (χ0) is 24.7. The molecule has 0 unspecified atom stereocenters. The van der Waals surface area contributed by atoms with Crippen LogP contribution in [-0.2, 0) is 12.8 Å². The molecule has 3 N–H and O–H groups in total. The van der Waals surface area contributed by atoms with Crippen LogP contribution in [0.3, 0.4) is 0 Å². The fraction of sp³-hybridized carbons (Fsp3) is 0.407. The van der Waals surface area contributed by atoms with Crippen molar-refractivity contribution in [2.75, 3.05) is 27.2 Å². The largest absolute Gasteiger partial charge is 0.338 e. The second-order valence-electron chi connectivity index (χ2n) is 8.73. The highest BCUT2D eigenvalue weighted by atomic mass is 32.1. The Morgan fingerprint density at radius 2 is 1.71 bits per heavy atom. The SMILES string of the molecule is CCc1ccc(-c2sc(C(=O)N(C)C3CCN(C)CC3)cc2-c2ccncc2)cc1CC.NO. The summed E-state index contributed by atoms with van der Waals surface area (Å²) >= 11 is 1.62. The van der Waals surface area contributed by atoms with Crippen LogP contribution >= 0.6 is 11.3 Å². The molecule has 3 aromatic rings. The number of carbonyl (C=O) groups is 1. The van der Waals surface area contributed by atoms with Gasteiger partial charge < -0.3 is 15.0 Å². The third kappa shape index (κ3) is 5.73. The summed E-state index contributed by atoms with van der Waals surface area (Å²) in [6, 6.07) is 13.2. The molecule has 0 radical (unpaired) electrons. The van der Waals surface area contributed by atoms with Crippen molar-refractivity contribution in [1.82, 2.24) is 14.8 Å². The van der Waals surface area contributed by atoms with Crippen molar-refractivity contribution in [3.8, 4) is 21.6 Å². The molecule has 182 valence electrons. The highest BCUT2D eigenvalue weighted by Gasteiger charge is 2.27. The van der Waals surface area contributed by atoms with Crippen molar-refractivity contribution in [3.63, 3.8) is 0 Å². The standard InChI is InChI=1S/C27H33N3OS.H3NO/c1-5-19-7-8-22(17-20(19)6-2)26-24(21-9-13-28-14-10-21)18-25(32-26)27(31)30(4)23-11-15-29(3)16-12-23;1-2/h7-10,13-14,17-18,23H,5-6,11-12,15-16H2,1-4H3;2H,1H2. The minimum absolute atomic E-state index is 0.131. The molecule has 6 nitrogen and oxygen atoms in total. The van der Waals surface area contributed by atoms with Gasteiger partial charge >= 0.3 is 0 Å². The maximum Gasteiger partial charge on any atom is 0.263 e. The first-order valence-corrected chi connectivity index (χ1v) is 12.7. The van der Waals surface area contributed by atoms with Crippen molar-refractivity contribution in [1.29, 1.82) is 0 Å². The molecule has 1 amide bonds. The van der Waals surface area contributed by atoms with Gasteiger partial charge in [0.1, 0.15) is 0 Å². The lowest BCUT2D eigenvalue weighted by Crippen LogP contribution is -2.44. The monoisotopic (exact) mass is 480 g/mol. The van der Waals surface area contributed by atoms with Crippen molar-refractivity contribution in [3.05, 3.63) is 64.8 Å². The molecule has 7 heteroatoms. The van der Waals surface area contributed by atoms with Gasteiger partial charge in [-0.1, -0.05) is 32.0 Å². The third-order valence-corrected chi connectivity index (χ3v) is 7.89. The highest BCUT2D eigenvalue weighted by molar-refractivity contribution is 7.18. The fourth-order valence-corrected chi connectivity index (χ4v) is 5.78. The number of nitrogens with two attached hydrogens (primary N) is 1. The molecule has 0 aliphatic carbocycles. The summed E-state index contributed by atoms with van der Waals surface area (Å²) in [7, 11) is 4.12. The van der Waals surface area contributed by atoms with Crippen LogP contribution in [0.4, 0.5) is 0 Å². The molecule has 0 spiro atoms. The van der Waals surface area contributed by atoms with Crippen LogP contribution in [0.5, 0.6) is 0 Å². The number of hydrogen-bond donors (Lipinski definition) is 2. The molecule has 4 rings (SSSR count). The number of thiophene rings is 1. The lowest BCUT2D eigenvalue weighted by molar-refractivity contribution is 0.0664. The first-order valence-electron chi connectivity index (χ1n) is 11.9. The predicted molar refractivity (Wildman–Crippen MR) is 140 cm³/mol. The van der Waals surface area contributed by atoms with Gasteiger partial charge in [0, 0.05) is 35.9 Å². The molecule has 1 fully saturated rings. The first kappa shape index (κ1) is 26.0. The Morgan fingerprint density at radius 3 is 2.32 bits per heavy atom. The Labute approximate surface area is 207 Å². The molecule has 34 heavy (non-hydrogen) atoms. The highest BCUT2D eigenvalue weighted by Crippen LogP contribution is 2.40. The summed E-state index contributed by atoms with van der Waals surface area (Å²) in [5, 5.41) is 6.50. The van der Waals surface area contributed by atoms with Gasteiger partial charge in [0.05, 0.1) is 4.88 Å². The average molecular weight is 481 g/mol. The second-order valence-corrected chi connectivity index (χ2v) is 9.78. The van der Waals surface area contributed by atoms with E-state index in [1.54, 1.807) is 11.3 Å². The number of aryl methyl sites for hydroxylation is 2. The summed E-state index contributed by atoms with van der Waals surface area (Å²) in [5.41, 5.74) is 6.19. The minimum Gasteiger partial charge on any atom is -0.338 e. The van der Waals surface area contributed by atoms with Crippen molar-refractivity contribution < 1.29 is 10.0 Å². The third-order valence-electron chi connectivity index (χ3n) is 6.72. The molecule has 1 aromatic carbocycles. The second kappa shape index (κ2) is 12.2. The maximum atomic E-state index is 13.5. The van der Waals surface area contributed by atoms with Gasteiger partial charge in [0.2, 0.25) is 0 Å². The van der Waals surface area contributed by atoms with E-state index in [1.165, 1.54) is 16.7 Å². The number of likely N-dealkylation sites (tertiary alicyclic amines) is 1. The lowest BCUT2D eigenvalue weighted by atomic mass is 9.97. The van der Waals surface area contributed by atoms with Crippen molar-refractivity contribution in [2.45, 2.75) is 45.6 Å². The number of rotatable bonds is 6. The Bertz CT molecular complexity index is 1080. The number of piperidine rings is 1. The van der Waals surface area contributed by atoms with E-state index < -0.39 is 0 Å². The van der Waals surface area contributed by atoms with Crippen LogP contribution in [-0.4, -0.2) is 59.1 Å². The molecule has 0 saturated carbocycles. The summed E-state index contributed by atoms with van der Waals surface area (Å²) in [5.74, 6) is 3.63. The molecular formula is C27H36N4O2S. The normalized spacial score (nSPS) is 14.4. The number of pyridine rings is 1. The molecule has 0 atom stereocenters. The van der Waals surface area contributed by atoms with Crippen LogP contribution in [0.15, 0.2) is 48.8 Å². The Balaban J connectivity index is 0.00000158. The molecule has 0 bridgehead atoms. The van der Waals surface area contributed by atoms with Crippen LogP contribution < -0.4 is 5.90 Å². The van der Waals surface area contributed by atoms with Gasteiger partial charge in [-0.15, -0.1) is 11.3 Å². The van der Waals surface area contributed by atoms with E-state index in [1.807, 2.05) is 36.5 Å². The number of hydrogen-bond acceptors (Lipinski definition) is 6. The fourth-order valence-electron chi connectivity index (χ4n) is 4.62. The topological polar surface area (TPSA) is 82.7 Å². The first-order chi connectivity index (χ1) is 16.5. The van der Waals surface area contributed by atoms with E-state index in [9.17, 15) is 4.79 Å². The smallest absolute Gasteiger partial charge is 0.263 e. The number of carbonyl (C=O) groups excluding carboxylic acids is 1. The summed E-state index contributed by atoms with van der Waals surface area (Å²) in [4.78, 5) is 24.0. The van der Waals surface area contributed by atoms with E-state index in [0.717, 1.165) is 59.7 Å². The lowest BCUT2D eigenvalue weighted by Gasteiger charge is -2.34. The van der Waals surface area contributed by atoms with Crippen molar-refractivity contribution >= 4 is 17.2 Å². The zero-order valence-electron chi connectivity index (χ0n) is 20.6. The van der Waals surface area contributed by atoms with Crippen LogP contribution in [0.25, 0.3) is 21.6 Å². The molecule has 2 aromatic heterocycles. The maximum absolute atomic E-state index is 13.5. The molecular weight excluding hydrogens is 444 g/mol. The van der Waals surface area contributed by atoms with E-state index in [0.29, 0.717) is 6.04 Å². The summed E-state index contributed by atoms with van der Waals surface area (Å²) in [6.45, 7) is 6.51. The predicted octanol–water partition coefficient (Wildman–Crippen LogP) is 5.10. The van der Waals surface area contributed by atoms with Gasteiger partial charge in [-0.2, -0.15) is 0 Å². The van der Waals surface area contributed by atoms with Gasteiger partial charge in [0.25, 0.3) is 5.91 Å². The Morgan fingerprint density at radius 1 is 1.06 bits per heavy atom. The average Bonchev–Trinajstić information content (AvgIpc) is 3.35. The minimum atomic E-state index is 0.131. The number of amides is 1.